The molecule has 1 saturated heterocycles. The Bertz CT molecular complexity index is 482. The van der Waals surface area contributed by atoms with Crippen LogP contribution in [0.25, 0.3) is 0 Å². The van der Waals surface area contributed by atoms with Crippen molar-refractivity contribution in [3.63, 3.8) is 0 Å². The first-order valence-corrected chi connectivity index (χ1v) is 9.51. The van der Waals surface area contributed by atoms with Crippen molar-refractivity contribution in [2.75, 3.05) is 13.1 Å². The number of aromatic nitrogens is 1. The van der Waals surface area contributed by atoms with E-state index in [9.17, 15) is 4.79 Å². The summed E-state index contributed by atoms with van der Waals surface area (Å²) in [6.45, 7) is 1.53. The van der Waals surface area contributed by atoms with Crippen LogP contribution in [0.5, 0.6) is 0 Å². The predicted molar refractivity (Wildman–Crippen MR) is 89.6 cm³/mol. The lowest BCUT2D eigenvalue weighted by molar-refractivity contribution is -0.138. The minimum atomic E-state index is 0.0558. The highest BCUT2D eigenvalue weighted by molar-refractivity contribution is 7.09. The van der Waals surface area contributed by atoms with Crippen LogP contribution in [0.4, 0.5) is 0 Å². The molecule has 1 aromatic heterocycles. The van der Waals surface area contributed by atoms with E-state index >= 15 is 0 Å². The maximum absolute atomic E-state index is 13.0. The Balaban J connectivity index is 1.71. The highest BCUT2D eigenvalue weighted by Crippen LogP contribution is 2.40. The van der Waals surface area contributed by atoms with Gasteiger partial charge in [-0.25, -0.2) is 4.98 Å². The summed E-state index contributed by atoms with van der Waals surface area (Å²) in [5, 5.41) is 3.10. The van der Waals surface area contributed by atoms with Crippen molar-refractivity contribution < 1.29 is 4.79 Å². The van der Waals surface area contributed by atoms with E-state index in [1.165, 1.54) is 25.7 Å². The number of piperidine rings is 1. The second kappa shape index (κ2) is 7.09. The van der Waals surface area contributed by atoms with Crippen LogP contribution in [-0.4, -0.2) is 28.9 Å². The Kier molecular flexibility index (Phi) is 5.14. The molecule has 0 radical (unpaired) electrons. The van der Waals surface area contributed by atoms with Gasteiger partial charge in [0.1, 0.15) is 5.01 Å². The van der Waals surface area contributed by atoms with Crippen LogP contribution in [0.3, 0.4) is 0 Å². The van der Waals surface area contributed by atoms with E-state index in [-0.39, 0.29) is 11.5 Å². The zero-order valence-corrected chi connectivity index (χ0v) is 14.1. The maximum Gasteiger partial charge on any atom is 0.223 e. The van der Waals surface area contributed by atoms with Crippen molar-refractivity contribution in [1.82, 2.24) is 9.88 Å². The van der Waals surface area contributed by atoms with E-state index in [2.05, 4.69) is 9.88 Å². The molecule has 1 saturated carbocycles. The lowest BCUT2D eigenvalue weighted by atomic mass is 9.71. The SMILES string of the molecule is NCC1(CC(=O)N2CCCCC2c2nccs2)CCCCC1. The first-order valence-electron chi connectivity index (χ1n) is 8.63. The van der Waals surface area contributed by atoms with Crippen LogP contribution in [0.2, 0.25) is 0 Å². The lowest BCUT2D eigenvalue weighted by Crippen LogP contribution is -2.43. The van der Waals surface area contributed by atoms with Crippen LogP contribution in [0, 0.1) is 5.41 Å². The van der Waals surface area contributed by atoms with Gasteiger partial charge in [0.05, 0.1) is 6.04 Å². The lowest BCUT2D eigenvalue weighted by Gasteiger charge is -2.40. The van der Waals surface area contributed by atoms with Gasteiger partial charge in [0, 0.05) is 24.5 Å². The summed E-state index contributed by atoms with van der Waals surface area (Å²) in [6.07, 6.45) is 11.8. The Morgan fingerprint density at radius 2 is 2.14 bits per heavy atom. The number of hydrogen-bond acceptors (Lipinski definition) is 4. The van der Waals surface area contributed by atoms with Crippen molar-refractivity contribution in [3.8, 4) is 0 Å². The van der Waals surface area contributed by atoms with Gasteiger partial charge in [-0.3, -0.25) is 4.79 Å². The zero-order chi connectivity index (χ0) is 15.4. The minimum absolute atomic E-state index is 0.0558. The van der Waals surface area contributed by atoms with Gasteiger partial charge >= 0.3 is 0 Å². The van der Waals surface area contributed by atoms with Gasteiger partial charge in [-0.2, -0.15) is 0 Å². The third kappa shape index (κ3) is 3.35. The van der Waals surface area contributed by atoms with Gasteiger partial charge in [-0.15, -0.1) is 11.3 Å². The Hall–Kier alpha value is -0.940. The normalized spacial score (nSPS) is 25.1. The average Bonchev–Trinajstić information content (AvgIpc) is 3.10. The Morgan fingerprint density at radius 3 is 2.82 bits per heavy atom. The second-order valence-electron chi connectivity index (χ2n) is 6.91. The number of carbonyl (C=O) groups excluding carboxylic acids is 1. The van der Waals surface area contributed by atoms with Gasteiger partial charge in [0.15, 0.2) is 0 Å². The summed E-state index contributed by atoms with van der Waals surface area (Å²) < 4.78 is 0. The summed E-state index contributed by atoms with van der Waals surface area (Å²) in [5.74, 6) is 0.298. The molecule has 2 heterocycles. The highest BCUT2D eigenvalue weighted by atomic mass is 32.1. The first kappa shape index (κ1) is 15.9. The summed E-state index contributed by atoms with van der Waals surface area (Å²) in [6, 6.07) is 0.194. The molecule has 2 N–H and O–H groups in total. The van der Waals surface area contributed by atoms with Gasteiger partial charge in [-0.05, 0) is 44.1 Å². The minimum Gasteiger partial charge on any atom is -0.333 e. The molecule has 3 rings (SSSR count). The Morgan fingerprint density at radius 1 is 1.32 bits per heavy atom. The van der Waals surface area contributed by atoms with Gasteiger partial charge in [0.2, 0.25) is 5.91 Å². The standard InChI is InChI=1S/C17H27N3OS/c18-13-17(7-3-1-4-8-17)12-15(21)20-10-5-2-6-14(20)16-19-9-11-22-16/h9,11,14H,1-8,10,12-13,18H2. The van der Waals surface area contributed by atoms with Crippen LogP contribution >= 0.6 is 11.3 Å². The summed E-state index contributed by atoms with van der Waals surface area (Å²) in [7, 11) is 0. The number of nitrogens with two attached hydrogens (primary N) is 1. The van der Waals surface area contributed by atoms with Crippen molar-refractivity contribution >= 4 is 17.2 Å². The molecule has 0 bridgehead atoms. The quantitative estimate of drug-likeness (QED) is 0.923. The summed E-state index contributed by atoms with van der Waals surface area (Å²) >= 11 is 1.67. The molecule has 1 aliphatic heterocycles. The van der Waals surface area contributed by atoms with E-state index in [1.54, 1.807) is 11.3 Å². The molecule has 0 aromatic carbocycles. The molecular weight excluding hydrogens is 294 g/mol. The molecule has 0 spiro atoms. The van der Waals surface area contributed by atoms with Gasteiger partial charge in [-0.1, -0.05) is 19.3 Å². The van der Waals surface area contributed by atoms with E-state index in [4.69, 9.17) is 5.73 Å². The molecule has 2 aliphatic rings. The number of thiazole rings is 1. The molecular formula is C17H27N3OS. The van der Waals surface area contributed by atoms with Crippen LogP contribution in [0.1, 0.15) is 68.8 Å². The molecule has 22 heavy (non-hydrogen) atoms. The average molecular weight is 321 g/mol. The van der Waals surface area contributed by atoms with Gasteiger partial charge in [0.25, 0.3) is 0 Å². The first-order chi connectivity index (χ1) is 10.7. The highest BCUT2D eigenvalue weighted by Gasteiger charge is 2.37. The molecule has 1 amide bonds. The number of nitrogens with zero attached hydrogens (tertiary/aromatic N) is 2. The molecule has 5 heteroatoms. The summed E-state index contributed by atoms with van der Waals surface area (Å²) in [4.78, 5) is 19.5. The molecule has 1 aliphatic carbocycles. The molecule has 4 nitrogen and oxygen atoms in total. The molecule has 1 aromatic rings. The third-order valence-electron chi connectivity index (χ3n) is 5.43. The van der Waals surface area contributed by atoms with Crippen LogP contribution in [-0.2, 0) is 4.79 Å². The third-order valence-corrected chi connectivity index (χ3v) is 6.31. The Labute approximate surface area is 137 Å². The van der Waals surface area contributed by atoms with E-state index < -0.39 is 0 Å². The van der Waals surface area contributed by atoms with Gasteiger partial charge < -0.3 is 10.6 Å². The molecule has 122 valence electrons. The number of hydrogen-bond donors (Lipinski definition) is 1. The maximum atomic E-state index is 13.0. The monoisotopic (exact) mass is 321 g/mol. The topological polar surface area (TPSA) is 59.2 Å². The number of rotatable bonds is 4. The fraction of sp³-hybridized carbons (Fsp3) is 0.765. The number of likely N-dealkylation sites (tertiary alicyclic amines) is 1. The van der Waals surface area contributed by atoms with Crippen molar-refractivity contribution in [2.45, 2.75) is 63.8 Å². The number of amides is 1. The molecule has 2 fully saturated rings. The smallest absolute Gasteiger partial charge is 0.223 e. The van der Waals surface area contributed by atoms with E-state index in [0.717, 1.165) is 37.2 Å². The predicted octanol–water partition coefficient (Wildman–Crippen LogP) is 3.50. The van der Waals surface area contributed by atoms with Crippen LogP contribution in [0.15, 0.2) is 11.6 Å². The summed E-state index contributed by atoms with van der Waals surface area (Å²) in [5.41, 5.74) is 6.12. The van der Waals surface area contributed by atoms with Crippen LogP contribution < -0.4 is 5.73 Å². The zero-order valence-electron chi connectivity index (χ0n) is 13.3. The largest absolute Gasteiger partial charge is 0.333 e. The van der Waals surface area contributed by atoms with Crippen molar-refractivity contribution in [3.05, 3.63) is 16.6 Å². The fourth-order valence-corrected chi connectivity index (χ4v) is 4.85. The second-order valence-corrected chi connectivity index (χ2v) is 7.84. The number of carbonyl (C=O) groups is 1. The molecule has 1 atom stereocenters. The fourth-order valence-electron chi connectivity index (χ4n) is 4.06. The van der Waals surface area contributed by atoms with Crippen molar-refractivity contribution in [1.29, 1.82) is 0 Å². The van der Waals surface area contributed by atoms with E-state index in [1.807, 2.05) is 11.6 Å². The molecule has 1 unspecified atom stereocenters. The van der Waals surface area contributed by atoms with E-state index in [0.29, 0.717) is 18.9 Å². The van der Waals surface area contributed by atoms with Crippen molar-refractivity contribution in [2.24, 2.45) is 11.1 Å².